The quantitative estimate of drug-likeness (QED) is 0.105. The molecule has 0 saturated heterocycles. The maximum absolute atomic E-state index is 11.8. The second-order valence-electron chi connectivity index (χ2n) is 10.4. The monoisotopic (exact) mass is 484 g/mol. The molecule has 0 heterocycles. The number of aliphatic hydroxyl groups is 1. The SMILES string of the molecule is CCCCCCCCCCCCC(=O)OC[C@H](O)COC(=O)CCCCCCCCCC(C)C. The molecule has 0 rings (SSSR count). The Kier molecular flexibility index (Phi) is 24.2. The van der Waals surface area contributed by atoms with E-state index in [1.807, 2.05) is 0 Å². The molecule has 0 aliphatic rings. The lowest BCUT2D eigenvalue weighted by molar-refractivity contribution is -0.152. The van der Waals surface area contributed by atoms with Crippen LogP contribution >= 0.6 is 0 Å². The molecule has 5 nitrogen and oxygen atoms in total. The van der Waals surface area contributed by atoms with Crippen LogP contribution in [0.5, 0.6) is 0 Å². The maximum atomic E-state index is 11.8. The molecule has 0 aliphatic carbocycles. The van der Waals surface area contributed by atoms with Crippen molar-refractivity contribution in [2.45, 2.75) is 155 Å². The van der Waals surface area contributed by atoms with Gasteiger partial charge >= 0.3 is 11.9 Å². The van der Waals surface area contributed by atoms with E-state index in [0.29, 0.717) is 12.8 Å². The fraction of sp³-hybridized carbons (Fsp3) is 0.931. The highest BCUT2D eigenvalue weighted by atomic mass is 16.6. The average Bonchev–Trinajstić information content (AvgIpc) is 2.81. The van der Waals surface area contributed by atoms with Crippen molar-refractivity contribution in [3.05, 3.63) is 0 Å². The number of aliphatic hydroxyl groups excluding tert-OH is 1. The van der Waals surface area contributed by atoms with Crippen molar-refractivity contribution in [1.82, 2.24) is 0 Å². The highest BCUT2D eigenvalue weighted by molar-refractivity contribution is 5.69. The normalized spacial score (nSPS) is 12.1. The zero-order chi connectivity index (χ0) is 25.3. The first-order valence-corrected chi connectivity index (χ1v) is 14.4. The highest BCUT2D eigenvalue weighted by Gasteiger charge is 2.12. The average molecular weight is 485 g/mol. The summed E-state index contributed by atoms with van der Waals surface area (Å²) in [5, 5.41) is 9.89. The molecule has 0 spiro atoms. The summed E-state index contributed by atoms with van der Waals surface area (Å²) in [6, 6.07) is 0. The van der Waals surface area contributed by atoms with E-state index >= 15 is 0 Å². The van der Waals surface area contributed by atoms with Crippen LogP contribution in [0.4, 0.5) is 0 Å². The number of rotatable bonds is 25. The number of esters is 2. The summed E-state index contributed by atoms with van der Waals surface area (Å²) in [6.45, 7) is 6.55. The Labute approximate surface area is 210 Å². The van der Waals surface area contributed by atoms with E-state index in [9.17, 15) is 14.7 Å². The Morgan fingerprint density at radius 2 is 0.941 bits per heavy atom. The molecule has 0 aromatic carbocycles. The van der Waals surface area contributed by atoms with Gasteiger partial charge in [0, 0.05) is 12.8 Å². The van der Waals surface area contributed by atoms with Crippen molar-refractivity contribution in [1.29, 1.82) is 0 Å². The van der Waals surface area contributed by atoms with Gasteiger partial charge in [0.15, 0.2) is 0 Å². The lowest BCUT2D eigenvalue weighted by Gasteiger charge is -2.12. The third-order valence-electron chi connectivity index (χ3n) is 6.27. The fourth-order valence-corrected chi connectivity index (χ4v) is 4.03. The number of hydrogen-bond acceptors (Lipinski definition) is 5. The van der Waals surface area contributed by atoms with E-state index < -0.39 is 6.10 Å². The predicted molar refractivity (Wildman–Crippen MR) is 141 cm³/mol. The summed E-state index contributed by atoms with van der Waals surface area (Å²) in [6.07, 6.45) is 21.5. The topological polar surface area (TPSA) is 72.8 Å². The van der Waals surface area contributed by atoms with E-state index in [4.69, 9.17) is 9.47 Å². The van der Waals surface area contributed by atoms with Gasteiger partial charge in [0.1, 0.15) is 19.3 Å². The molecular formula is C29H56O5. The zero-order valence-corrected chi connectivity index (χ0v) is 22.8. The minimum absolute atomic E-state index is 0.110. The molecule has 0 radical (unpaired) electrons. The van der Waals surface area contributed by atoms with Gasteiger partial charge in [0.2, 0.25) is 0 Å². The maximum Gasteiger partial charge on any atom is 0.305 e. The molecular weight excluding hydrogens is 428 g/mol. The molecule has 1 atom stereocenters. The smallest absolute Gasteiger partial charge is 0.305 e. The number of hydrogen-bond donors (Lipinski definition) is 1. The van der Waals surface area contributed by atoms with Crippen molar-refractivity contribution in [3.8, 4) is 0 Å². The van der Waals surface area contributed by atoms with Crippen LogP contribution in [0.15, 0.2) is 0 Å². The molecule has 0 saturated carbocycles. The van der Waals surface area contributed by atoms with Crippen LogP contribution in [-0.4, -0.2) is 36.4 Å². The summed E-state index contributed by atoms with van der Waals surface area (Å²) in [7, 11) is 0. The molecule has 0 aliphatic heterocycles. The third kappa shape index (κ3) is 25.5. The molecule has 0 unspecified atom stereocenters. The second kappa shape index (κ2) is 25.0. The Hall–Kier alpha value is -1.10. The van der Waals surface area contributed by atoms with Crippen molar-refractivity contribution < 1.29 is 24.2 Å². The van der Waals surface area contributed by atoms with E-state index in [-0.39, 0.29) is 25.2 Å². The van der Waals surface area contributed by atoms with Gasteiger partial charge < -0.3 is 14.6 Å². The van der Waals surface area contributed by atoms with Crippen molar-refractivity contribution in [2.75, 3.05) is 13.2 Å². The molecule has 0 amide bonds. The first-order chi connectivity index (χ1) is 16.5. The Bertz CT molecular complexity index is 463. The Balaban J connectivity index is 3.45. The largest absolute Gasteiger partial charge is 0.463 e. The van der Waals surface area contributed by atoms with Crippen LogP contribution < -0.4 is 0 Å². The number of ether oxygens (including phenoxy) is 2. The van der Waals surface area contributed by atoms with Gasteiger partial charge in [-0.2, -0.15) is 0 Å². The van der Waals surface area contributed by atoms with Gasteiger partial charge in [-0.15, -0.1) is 0 Å². The number of carbonyl (C=O) groups excluding carboxylic acids is 2. The van der Waals surface area contributed by atoms with Crippen LogP contribution in [0.1, 0.15) is 149 Å². The number of carbonyl (C=O) groups is 2. The van der Waals surface area contributed by atoms with E-state index in [0.717, 1.165) is 44.4 Å². The second-order valence-corrected chi connectivity index (χ2v) is 10.4. The van der Waals surface area contributed by atoms with Crippen LogP contribution in [0.3, 0.4) is 0 Å². The zero-order valence-electron chi connectivity index (χ0n) is 22.8. The highest BCUT2D eigenvalue weighted by Crippen LogP contribution is 2.13. The summed E-state index contributed by atoms with van der Waals surface area (Å²) >= 11 is 0. The lowest BCUT2D eigenvalue weighted by atomic mass is 10.0. The molecule has 0 aromatic heterocycles. The molecule has 0 fully saturated rings. The molecule has 1 N–H and O–H groups in total. The van der Waals surface area contributed by atoms with E-state index in [1.165, 1.54) is 77.0 Å². The molecule has 34 heavy (non-hydrogen) atoms. The van der Waals surface area contributed by atoms with Gasteiger partial charge in [0.05, 0.1) is 0 Å². The van der Waals surface area contributed by atoms with Crippen molar-refractivity contribution in [3.63, 3.8) is 0 Å². The third-order valence-corrected chi connectivity index (χ3v) is 6.27. The summed E-state index contributed by atoms with van der Waals surface area (Å²) in [5.74, 6) is 0.229. The van der Waals surface area contributed by atoms with Crippen molar-refractivity contribution in [2.24, 2.45) is 5.92 Å². The standard InChI is InChI=1S/C29H56O5/c1-4-5-6-7-8-9-10-13-16-19-22-28(31)33-24-27(30)25-34-29(32)23-20-17-14-11-12-15-18-21-26(2)3/h26-27,30H,4-25H2,1-3H3/t27-/m0/s1. The van der Waals surface area contributed by atoms with Crippen LogP contribution in [-0.2, 0) is 19.1 Å². The Morgan fingerprint density at radius 3 is 1.32 bits per heavy atom. The summed E-state index contributed by atoms with van der Waals surface area (Å²) < 4.78 is 10.2. The predicted octanol–water partition coefficient (Wildman–Crippen LogP) is 7.91. The molecule has 0 bridgehead atoms. The number of unbranched alkanes of at least 4 members (excludes halogenated alkanes) is 15. The molecule has 5 heteroatoms. The molecule has 0 aromatic rings. The van der Waals surface area contributed by atoms with Gasteiger partial charge in [-0.25, -0.2) is 0 Å². The van der Waals surface area contributed by atoms with Crippen molar-refractivity contribution >= 4 is 11.9 Å². The van der Waals surface area contributed by atoms with E-state index in [2.05, 4.69) is 20.8 Å². The summed E-state index contributed by atoms with van der Waals surface area (Å²) in [4.78, 5) is 23.6. The molecule has 202 valence electrons. The van der Waals surface area contributed by atoms with Gasteiger partial charge in [-0.05, 0) is 18.8 Å². The van der Waals surface area contributed by atoms with Crippen LogP contribution in [0, 0.1) is 5.92 Å². The first kappa shape index (κ1) is 32.9. The van der Waals surface area contributed by atoms with Gasteiger partial charge in [-0.3, -0.25) is 9.59 Å². The van der Waals surface area contributed by atoms with Gasteiger partial charge in [-0.1, -0.05) is 124 Å². The van der Waals surface area contributed by atoms with Crippen LogP contribution in [0.2, 0.25) is 0 Å². The Morgan fingerprint density at radius 1 is 0.588 bits per heavy atom. The minimum Gasteiger partial charge on any atom is -0.463 e. The van der Waals surface area contributed by atoms with Crippen LogP contribution in [0.25, 0.3) is 0 Å². The van der Waals surface area contributed by atoms with Gasteiger partial charge in [0.25, 0.3) is 0 Å². The minimum atomic E-state index is -0.952. The lowest BCUT2D eigenvalue weighted by Crippen LogP contribution is -2.25. The van der Waals surface area contributed by atoms with E-state index in [1.54, 1.807) is 0 Å². The fourth-order valence-electron chi connectivity index (χ4n) is 4.03. The first-order valence-electron chi connectivity index (χ1n) is 14.4. The summed E-state index contributed by atoms with van der Waals surface area (Å²) in [5.41, 5.74) is 0.